The van der Waals surface area contributed by atoms with Crippen LogP contribution in [0.5, 0.6) is 0 Å². The van der Waals surface area contributed by atoms with Gasteiger partial charge in [0.25, 0.3) is 5.91 Å². The van der Waals surface area contributed by atoms with E-state index in [4.69, 9.17) is 0 Å². The number of benzene rings is 1. The van der Waals surface area contributed by atoms with Crippen LogP contribution in [0.25, 0.3) is 0 Å². The number of anilines is 1. The van der Waals surface area contributed by atoms with E-state index in [1.165, 1.54) is 11.3 Å². The summed E-state index contributed by atoms with van der Waals surface area (Å²) in [6.45, 7) is 4.41. The molecule has 24 heavy (non-hydrogen) atoms. The van der Waals surface area contributed by atoms with Gasteiger partial charge in [0.05, 0.1) is 12.1 Å². The highest BCUT2D eigenvalue weighted by molar-refractivity contribution is 7.14. The zero-order chi connectivity index (χ0) is 16.9. The van der Waals surface area contributed by atoms with Crippen LogP contribution in [0.15, 0.2) is 35.7 Å². The molecule has 1 aliphatic heterocycles. The number of aromatic nitrogens is 1. The van der Waals surface area contributed by atoms with E-state index in [-0.39, 0.29) is 24.3 Å². The normalized spacial score (nSPS) is 17.5. The Morgan fingerprint density at radius 3 is 2.92 bits per heavy atom. The lowest BCUT2D eigenvalue weighted by Crippen LogP contribution is -2.52. The highest BCUT2D eigenvalue weighted by Crippen LogP contribution is 2.18. The fourth-order valence-electron chi connectivity index (χ4n) is 2.67. The number of thiazole rings is 1. The molecule has 1 atom stereocenters. The fourth-order valence-corrected chi connectivity index (χ4v) is 3.38. The lowest BCUT2D eigenvalue weighted by Gasteiger charge is -2.33. The number of amides is 2. The zero-order valence-corrected chi connectivity index (χ0v) is 14.3. The Morgan fingerprint density at radius 2 is 2.17 bits per heavy atom. The Labute approximate surface area is 144 Å². The van der Waals surface area contributed by atoms with Crippen LogP contribution in [0.3, 0.4) is 0 Å². The first kappa shape index (κ1) is 16.6. The van der Waals surface area contributed by atoms with Gasteiger partial charge in [0.1, 0.15) is 0 Å². The summed E-state index contributed by atoms with van der Waals surface area (Å²) < 4.78 is 0. The van der Waals surface area contributed by atoms with Gasteiger partial charge < -0.3 is 10.2 Å². The Balaban J connectivity index is 1.59. The molecule has 0 unspecified atom stereocenters. The molecule has 2 aromatic rings. The molecule has 0 spiro atoms. The number of nitrogens with one attached hydrogen (secondary N) is 2. The van der Waals surface area contributed by atoms with Crippen LogP contribution in [0.4, 0.5) is 5.13 Å². The zero-order valence-electron chi connectivity index (χ0n) is 13.5. The minimum atomic E-state index is -0.196. The molecule has 2 N–H and O–H groups in total. The van der Waals surface area contributed by atoms with Gasteiger partial charge in [-0.3, -0.25) is 14.9 Å². The maximum Gasteiger partial charge on any atom is 0.257 e. The van der Waals surface area contributed by atoms with E-state index in [0.717, 1.165) is 19.6 Å². The van der Waals surface area contributed by atoms with E-state index in [2.05, 4.69) is 15.6 Å². The monoisotopic (exact) mass is 344 g/mol. The summed E-state index contributed by atoms with van der Waals surface area (Å²) in [6.07, 6.45) is 0.266. The molecule has 126 valence electrons. The molecule has 0 saturated carbocycles. The predicted molar refractivity (Wildman–Crippen MR) is 94.3 cm³/mol. The van der Waals surface area contributed by atoms with E-state index in [1.807, 2.05) is 35.4 Å². The van der Waals surface area contributed by atoms with Crippen molar-refractivity contribution in [3.8, 4) is 0 Å². The van der Waals surface area contributed by atoms with Gasteiger partial charge >= 0.3 is 0 Å². The molecule has 2 amide bonds. The average molecular weight is 344 g/mol. The summed E-state index contributed by atoms with van der Waals surface area (Å²) in [4.78, 5) is 30.8. The molecule has 1 saturated heterocycles. The number of carbonyl (C=O) groups excluding carboxylic acids is 2. The summed E-state index contributed by atoms with van der Waals surface area (Å²) in [5.41, 5.74) is 1.28. The largest absolute Gasteiger partial charge is 0.337 e. The summed E-state index contributed by atoms with van der Waals surface area (Å²) in [6, 6.07) is 9.19. The SMILES string of the molecule is C[C@H]1CNCCN1C(=O)Cc1csc(NC(=O)c2ccccc2)n1. The number of hydrogen-bond donors (Lipinski definition) is 2. The molecule has 1 aromatic heterocycles. The predicted octanol–water partition coefficient (Wildman–Crippen LogP) is 1.76. The Bertz CT molecular complexity index is 716. The van der Waals surface area contributed by atoms with E-state index in [1.54, 1.807) is 12.1 Å². The lowest BCUT2D eigenvalue weighted by molar-refractivity contribution is -0.133. The molecule has 0 bridgehead atoms. The highest BCUT2D eigenvalue weighted by Gasteiger charge is 2.23. The minimum absolute atomic E-state index is 0.0789. The molecular formula is C17H20N4O2S. The average Bonchev–Trinajstić information content (AvgIpc) is 3.02. The number of piperazine rings is 1. The maximum absolute atomic E-state index is 12.4. The van der Waals surface area contributed by atoms with Gasteiger partial charge in [-0.2, -0.15) is 0 Å². The van der Waals surface area contributed by atoms with Crippen LogP contribution in [-0.2, 0) is 11.2 Å². The van der Waals surface area contributed by atoms with E-state index in [0.29, 0.717) is 16.4 Å². The van der Waals surface area contributed by atoms with Crippen molar-refractivity contribution < 1.29 is 9.59 Å². The Kier molecular flexibility index (Phi) is 5.22. The first-order valence-electron chi connectivity index (χ1n) is 7.94. The molecular weight excluding hydrogens is 324 g/mol. The number of rotatable bonds is 4. The van der Waals surface area contributed by atoms with Crippen LogP contribution in [-0.4, -0.2) is 47.4 Å². The molecule has 6 nitrogen and oxygen atoms in total. The van der Waals surface area contributed by atoms with Crippen molar-refractivity contribution in [2.45, 2.75) is 19.4 Å². The summed E-state index contributed by atoms with van der Waals surface area (Å²) in [5.74, 6) is -0.117. The summed E-state index contributed by atoms with van der Waals surface area (Å²) in [5, 5.41) is 8.38. The smallest absolute Gasteiger partial charge is 0.257 e. The fraction of sp³-hybridized carbons (Fsp3) is 0.353. The third kappa shape index (κ3) is 3.98. The van der Waals surface area contributed by atoms with Gasteiger partial charge in [0, 0.05) is 36.6 Å². The van der Waals surface area contributed by atoms with Crippen molar-refractivity contribution in [2.75, 3.05) is 25.0 Å². The highest BCUT2D eigenvalue weighted by atomic mass is 32.1. The standard InChI is InChI=1S/C17H20N4O2S/c1-12-10-18-7-8-21(12)15(22)9-14-11-24-17(19-14)20-16(23)13-5-3-2-4-6-13/h2-6,11-12,18H,7-10H2,1H3,(H,19,20,23)/t12-/m0/s1. The van der Waals surface area contributed by atoms with Gasteiger partial charge in [-0.1, -0.05) is 18.2 Å². The van der Waals surface area contributed by atoms with Gasteiger partial charge in [-0.15, -0.1) is 11.3 Å². The third-order valence-electron chi connectivity index (χ3n) is 3.96. The molecule has 2 heterocycles. The van der Waals surface area contributed by atoms with Crippen molar-refractivity contribution in [1.29, 1.82) is 0 Å². The molecule has 1 fully saturated rings. The van der Waals surface area contributed by atoms with Crippen molar-refractivity contribution in [1.82, 2.24) is 15.2 Å². The van der Waals surface area contributed by atoms with Gasteiger partial charge in [-0.25, -0.2) is 4.98 Å². The first-order chi connectivity index (χ1) is 11.6. The Hall–Kier alpha value is -2.25. The number of hydrogen-bond acceptors (Lipinski definition) is 5. The summed E-state index contributed by atoms with van der Waals surface area (Å²) >= 11 is 1.34. The molecule has 1 aliphatic rings. The number of carbonyl (C=O) groups is 2. The van der Waals surface area contributed by atoms with Crippen molar-refractivity contribution in [3.05, 3.63) is 47.0 Å². The van der Waals surface area contributed by atoms with Crippen LogP contribution >= 0.6 is 11.3 Å². The molecule has 1 aromatic carbocycles. The second-order valence-electron chi connectivity index (χ2n) is 5.78. The second kappa shape index (κ2) is 7.55. The third-order valence-corrected chi connectivity index (χ3v) is 4.77. The van der Waals surface area contributed by atoms with Gasteiger partial charge in [-0.05, 0) is 19.1 Å². The van der Waals surface area contributed by atoms with Gasteiger partial charge in [0.15, 0.2) is 5.13 Å². The Morgan fingerprint density at radius 1 is 1.38 bits per heavy atom. The van der Waals surface area contributed by atoms with Crippen LogP contribution in [0.1, 0.15) is 23.0 Å². The lowest BCUT2D eigenvalue weighted by atomic mass is 10.2. The van der Waals surface area contributed by atoms with Crippen LogP contribution in [0.2, 0.25) is 0 Å². The maximum atomic E-state index is 12.4. The first-order valence-corrected chi connectivity index (χ1v) is 8.82. The van der Waals surface area contributed by atoms with Crippen LogP contribution < -0.4 is 10.6 Å². The quantitative estimate of drug-likeness (QED) is 0.886. The molecule has 0 aliphatic carbocycles. The van der Waals surface area contributed by atoms with Crippen molar-refractivity contribution in [3.63, 3.8) is 0 Å². The topological polar surface area (TPSA) is 74.3 Å². The van der Waals surface area contributed by atoms with Crippen molar-refractivity contribution in [2.24, 2.45) is 0 Å². The van der Waals surface area contributed by atoms with Gasteiger partial charge in [0.2, 0.25) is 5.91 Å². The molecule has 7 heteroatoms. The van der Waals surface area contributed by atoms with E-state index in [9.17, 15) is 9.59 Å². The van der Waals surface area contributed by atoms with E-state index >= 15 is 0 Å². The molecule has 0 radical (unpaired) electrons. The van der Waals surface area contributed by atoms with E-state index < -0.39 is 0 Å². The summed E-state index contributed by atoms with van der Waals surface area (Å²) in [7, 11) is 0. The minimum Gasteiger partial charge on any atom is -0.337 e. The second-order valence-corrected chi connectivity index (χ2v) is 6.64. The molecule has 3 rings (SSSR count). The van der Waals surface area contributed by atoms with Crippen molar-refractivity contribution >= 4 is 28.3 Å². The van der Waals surface area contributed by atoms with Crippen LogP contribution in [0, 0.1) is 0 Å². The number of nitrogens with zero attached hydrogens (tertiary/aromatic N) is 2.